The van der Waals surface area contributed by atoms with Gasteiger partial charge in [0.25, 0.3) is 11.8 Å². The van der Waals surface area contributed by atoms with E-state index in [1.807, 2.05) is 32.0 Å². The fraction of sp³-hybridized carbons (Fsp3) is 0.368. The van der Waals surface area contributed by atoms with Gasteiger partial charge in [-0.2, -0.15) is 0 Å². The summed E-state index contributed by atoms with van der Waals surface area (Å²) in [5.74, 6) is -0.673. The van der Waals surface area contributed by atoms with Crippen molar-refractivity contribution in [3.8, 4) is 0 Å². The molecule has 2 aromatic rings. The number of hydrogen-bond donors (Lipinski definition) is 2. The number of carbonyl (C=O) groups is 2. The minimum absolute atomic E-state index is 0.199. The van der Waals surface area contributed by atoms with E-state index in [4.69, 9.17) is 5.73 Å². The maximum absolute atomic E-state index is 12.7. The molecule has 0 atom stereocenters. The van der Waals surface area contributed by atoms with Crippen LogP contribution in [0.1, 0.15) is 49.2 Å². The average molecular weight is 357 g/mol. The molecule has 0 fully saturated rings. The average Bonchev–Trinajstić information content (AvgIpc) is 2.93. The molecule has 0 saturated heterocycles. The fourth-order valence-corrected chi connectivity index (χ4v) is 4.52. The molecule has 1 aromatic carbocycles. The number of primary amides is 1. The molecule has 3 rings (SSSR count). The van der Waals surface area contributed by atoms with Crippen molar-refractivity contribution in [3.05, 3.63) is 50.9 Å². The summed E-state index contributed by atoms with van der Waals surface area (Å²) >= 11 is 1.47. The molecule has 0 unspecified atom stereocenters. The van der Waals surface area contributed by atoms with Gasteiger partial charge in [-0.3, -0.25) is 14.5 Å². The smallest absolute Gasteiger partial charge is 0.256 e. The van der Waals surface area contributed by atoms with Crippen molar-refractivity contribution in [1.82, 2.24) is 4.90 Å². The van der Waals surface area contributed by atoms with Crippen molar-refractivity contribution in [1.29, 1.82) is 0 Å². The summed E-state index contributed by atoms with van der Waals surface area (Å²) in [7, 11) is 0. The van der Waals surface area contributed by atoms with Gasteiger partial charge in [0.05, 0.1) is 5.56 Å². The molecule has 3 N–H and O–H groups in total. The second-order valence-electron chi connectivity index (χ2n) is 6.46. The zero-order chi connectivity index (χ0) is 18.1. The third kappa shape index (κ3) is 3.45. The first-order valence-electron chi connectivity index (χ1n) is 8.46. The summed E-state index contributed by atoms with van der Waals surface area (Å²) < 4.78 is 0. The SMILES string of the molecule is CCN1CCc2c(sc(NC(=O)c3cc(C)ccc3C)c2C(N)=O)C1. The Balaban J connectivity index is 1.95. The predicted molar refractivity (Wildman–Crippen MR) is 101 cm³/mol. The number of nitrogens with one attached hydrogen (secondary N) is 1. The van der Waals surface area contributed by atoms with Gasteiger partial charge in [-0.15, -0.1) is 11.3 Å². The Morgan fingerprint density at radius 2 is 2.08 bits per heavy atom. The Morgan fingerprint density at radius 1 is 1.32 bits per heavy atom. The lowest BCUT2D eigenvalue weighted by molar-refractivity contribution is 0.1000. The van der Waals surface area contributed by atoms with Crippen molar-refractivity contribution in [2.45, 2.75) is 33.7 Å². The van der Waals surface area contributed by atoms with Crippen LogP contribution in [-0.2, 0) is 13.0 Å². The van der Waals surface area contributed by atoms with Crippen LogP contribution in [0.2, 0.25) is 0 Å². The molecule has 0 bridgehead atoms. The Labute approximate surface area is 151 Å². The highest BCUT2D eigenvalue weighted by Crippen LogP contribution is 2.37. The molecule has 132 valence electrons. The van der Waals surface area contributed by atoms with Gasteiger partial charge in [0.2, 0.25) is 0 Å². The monoisotopic (exact) mass is 357 g/mol. The van der Waals surface area contributed by atoms with E-state index in [1.165, 1.54) is 11.3 Å². The highest BCUT2D eigenvalue weighted by atomic mass is 32.1. The Morgan fingerprint density at radius 3 is 2.76 bits per heavy atom. The molecule has 0 aliphatic carbocycles. The lowest BCUT2D eigenvalue weighted by atomic mass is 10.0. The molecular weight excluding hydrogens is 334 g/mol. The van der Waals surface area contributed by atoms with Crippen molar-refractivity contribution in [2.24, 2.45) is 5.73 Å². The van der Waals surface area contributed by atoms with Gasteiger partial charge < -0.3 is 11.1 Å². The summed E-state index contributed by atoms with van der Waals surface area (Å²) in [4.78, 5) is 28.2. The third-order valence-electron chi connectivity index (χ3n) is 4.69. The molecule has 0 saturated carbocycles. The Bertz CT molecular complexity index is 841. The van der Waals surface area contributed by atoms with Crippen molar-refractivity contribution >= 4 is 28.2 Å². The molecule has 1 aromatic heterocycles. The number of carbonyl (C=O) groups excluding carboxylic acids is 2. The summed E-state index contributed by atoms with van der Waals surface area (Å²) in [6.45, 7) is 8.65. The van der Waals surface area contributed by atoms with E-state index < -0.39 is 5.91 Å². The molecule has 5 nitrogen and oxygen atoms in total. The second-order valence-corrected chi connectivity index (χ2v) is 7.57. The van der Waals surface area contributed by atoms with Crippen LogP contribution in [0.4, 0.5) is 5.00 Å². The molecule has 1 aliphatic rings. The lowest BCUT2D eigenvalue weighted by Crippen LogP contribution is -2.30. The molecule has 6 heteroatoms. The van der Waals surface area contributed by atoms with Crippen LogP contribution in [0.3, 0.4) is 0 Å². The van der Waals surface area contributed by atoms with Crippen molar-refractivity contribution in [3.63, 3.8) is 0 Å². The van der Waals surface area contributed by atoms with Crippen molar-refractivity contribution < 1.29 is 9.59 Å². The molecule has 0 radical (unpaired) electrons. The van der Waals surface area contributed by atoms with E-state index in [2.05, 4.69) is 17.1 Å². The van der Waals surface area contributed by atoms with E-state index in [9.17, 15) is 9.59 Å². The van der Waals surface area contributed by atoms with Crippen molar-refractivity contribution in [2.75, 3.05) is 18.4 Å². The number of likely N-dealkylation sites (N-methyl/N-ethyl adjacent to an activating group) is 1. The van der Waals surface area contributed by atoms with E-state index in [1.54, 1.807) is 0 Å². The number of nitrogens with two attached hydrogens (primary N) is 1. The van der Waals surface area contributed by atoms with Crippen LogP contribution >= 0.6 is 11.3 Å². The molecule has 0 spiro atoms. The minimum Gasteiger partial charge on any atom is -0.365 e. The largest absolute Gasteiger partial charge is 0.365 e. The lowest BCUT2D eigenvalue weighted by Gasteiger charge is -2.25. The highest BCUT2D eigenvalue weighted by Gasteiger charge is 2.27. The number of benzene rings is 1. The zero-order valence-electron chi connectivity index (χ0n) is 14.8. The summed E-state index contributed by atoms with van der Waals surface area (Å²) in [5.41, 5.74) is 9.65. The van der Waals surface area contributed by atoms with Gasteiger partial charge in [0.1, 0.15) is 5.00 Å². The fourth-order valence-electron chi connectivity index (χ4n) is 3.23. The molecule has 1 aliphatic heterocycles. The number of amides is 2. The van der Waals surface area contributed by atoms with Crippen LogP contribution in [0.25, 0.3) is 0 Å². The number of thiophene rings is 1. The number of rotatable bonds is 4. The summed E-state index contributed by atoms with van der Waals surface area (Å²) in [6.07, 6.45) is 0.789. The number of anilines is 1. The van der Waals surface area contributed by atoms with E-state index in [0.717, 1.165) is 47.6 Å². The molecule has 25 heavy (non-hydrogen) atoms. The van der Waals surface area contributed by atoms with Crippen LogP contribution in [0.5, 0.6) is 0 Å². The summed E-state index contributed by atoms with van der Waals surface area (Å²) in [5, 5.41) is 3.50. The van der Waals surface area contributed by atoms with Gasteiger partial charge in [-0.05, 0) is 44.0 Å². The van der Waals surface area contributed by atoms with Gasteiger partial charge in [-0.1, -0.05) is 24.6 Å². The van der Waals surface area contributed by atoms with Crippen LogP contribution < -0.4 is 11.1 Å². The quantitative estimate of drug-likeness (QED) is 0.883. The van der Waals surface area contributed by atoms with Crippen LogP contribution in [-0.4, -0.2) is 29.8 Å². The van der Waals surface area contributed by atoms with Gasteiger partial charge in [0, 0.05) is 23.5 Å². The molecule has 2 amide bonds. The van der Waals surface area contributed by atoms with E-state index >= 15 is 0 Å². The maximum Gasteiger partial charge on any atom is 0.256 e. The number of nitrogens with zero attached hydrogens (tertiary/aromatic N) is 1. The number of fused-ring (bicyclic) bond motifs is 1. The van der Waals surface area contributed by atoms with Gasteiger partial charge in [-0.25, -0.2) is 0 Å². The topological polar surface area (TPSA) is 75.4 Å². The first kappa shape index (κ1) is 17.6. The van der Waals surface area contributed by atoms with Gasteiger partial charge >= 0.3 is 0 Å². The van der Waals surface area contributed by atoms with Crippen LogP contribution in [0.15, 0.2) is 18.2 Å². The summed E-state index contributed by atoms with van der Waals surface area (Å²) in [6, 6.07) is 5.77. The molecular formula is C19H23N3O2S. The number of hydrogen-bond acceptors (Lipinski definition) is 4. The first-order valence-corrected chi connectivity index (χ1v) is 9.27. The molecule has 2 heterocycles. The van der Waals surface area contributed by atoms with E-state index in [0.29, 0.717) is 16.1 Å². The normalized spacial score (nSPS) is 14.2. The Kier molecular flexibility index (Phi) is 4.92. The third-order valence-corrected chi connectivity index (χ3v) is 5.83. The second kappa shape index (κ2) is 6.98. The first-order chi connectivity index (χ1) is 11.9. The zero-order valence-corrected chi connectivity index (χ0v) is 15.6. The highest BCUT2D eigenvalue weighted by molar-refractivity contribution is 7.17. The van der Waals surface area contributed by atoms with Gasteiger partial charge in [0.15, 0.2) is 0 Å². The standard InChI is InChI=1S/C19H23N3O2S/c1-4-22-8-7-13-15(10-22)25-19(16(13)17(20)23)21-18(24)14-9-11(2)5-6-12(14)3/h5-6,9H,4,7-8,10H2,1-3H3,(H2,20,23)(H,21,24). The Hall–Kier alpha value is -2.18. The minimum atomic E-state index is -0.473. The number of aryl methyl sites for hydroxylation is 2. The van der Waals surface area contributed by atoms with E-state index in [-0.39, 0.29) is 5.91 Å². The maximum atomic E-state index is 12.7. The van der Waals surface area contributed by atoms with Crippen LogP contribution in [0, 0.1) is 13.8 Å². The predicted octanol–water partition coefficient (Wildman–Crippen LogP) is 3.09.